The van der Waals surface area contributed by atoms with Crippen molar-refractivity contribution in [2.45, 2.75) is 13.1 Å². The minimum absolute atomic E-state index is 0.943. The average molecular weight is 921 g/mol. The summed E-state index contributed by atoms with van der Waals surface area (Å²) in [4.78, 5) is 5.04. The molecule has 68 heavy (non-hydrogen) atoms. The Morgan fingerprint density at radius 1 is 0.250 bits per heavy atom. The molecule has 0 unspecified atom stereocenters. The van der Waals surface area contributed by atoms with Gasteiger partial charge in [-0.3, -0.25) is 0 Å². The maximum Gasteiger partial charge on any atom is 0.184 e. The molecule has 0 atom stereocenters. The molecule has 3 heterocycles. The Hall–Kier alpha value is -7.75. The summed E-state index contributed by atoms with van der Waals surface area (Å²) in [6, 6.07) is 95.5. The zero-order valence-corrected chi connectivity index (χ0v) is 41.1. The number of anilines is 6. The molecule has 0 amide bonds. The monoisotopic (exact) mass is 920 g/mol. The van der Waals surface area contributed by atoms with Gasteiger partial charge in [0, 0.05) is 22.7 Å². The van der Waals surface area contributed by atoms with Gasteiger partial charge < -0.3 is 14.5 Å². The lowest BCUT2D eigenvalue weighted by Gasteiger charge is -2.47. The van der Waals surface area contributed by atoms with Gasteiger partial charge in [0.25, 0.3) is 0 Å². The molecule has 3 aliphatic heterocycles. The quantitative estimate of drug-likeness (QED) is 0.155. The lowest BCUT2D eigenvalue weighted by atomic mass is 10.1. The van der Waals surface area contributed by atoms with E-state index >= 15 is 0 Å². The average Bonchev–Trinajstić information content (AvgIpc) is 3.40. The van der Waals surface area contributed by atoms with Gasteiger partial charge in [-0.05, 0) is 88.3 Å². The fourth-order valence-electron chi connectivity index (χ4n) is 12.2. The molecule has 0 spiro atoms. The van der Waals surface area contributed by atoms with Crippen molar-refractivity contribution in [1.82, 2.24) is 0 Å². The van der Waals surface area contributed by atoms with E-state index in [1.165, 1.54) is 74.6 Å². The number of rotatable bonds is 6. The van der Waals surface area contributed by atoms with Crippen molar-refractivity contribution in [2.75, 3.05) is 9.80 Å². The van der Waals surface area contributed by atoms with Crippen LogP contribution in [0.25, 0.3) is 0 Å². The minimum Gasteiger partial charge on any atom is -0.453 e. The van der Waals surface area contributed by atoms with Crippen molar-refractivity contribution in [1.29, 1.82) is 0 Å². The fraction of sp³-hybridized carbons (Fsp3) is 0.0323. The van der Waals surface area contributed by atoms with Gasteiger partial charge in [0.2, 0.25) is 0 Å². The van der Waals surface area contributed by atoms with Crippen LogP contribution in [0.5, 0.6) is 11.5 Å². The number of fused-ring (bicyclic) bond motifs is 6. The van der Waals surface area contributed by atoms with E-state index in [2.05, 4.69) is 278 Å². The molecular formula is C62H48N2OSi3. The number of benzene rings is 10. The first-order valence-corrected chi connectivity index (χ1v) is 30.7. The summed E-state index contributed by atoms with van der Waals surface area (Å²) in [7, 11) is -8.04. The second-order valence-electron chi connectivity index (χ2n) is 18.7. The normalized spacial score (nSPS) is 15.3. The molecule has 6 heteroatoms. The molecule has 324 valence electrons. The van der Waals surface area contributed by atoms with Crippen LogP contribution in [0.3, 0.4) is 0 Å². The molecule has 0 aromatic heterocycles. The van der Waals surface area contributed by atoms with Crippen LogP contribution in [0.15, 0.2) is 255 Å². The van der Waals surface area contributed by atoms with Crippen molar-refractivity contribution in [3.8, 4) is 11.5 Å². The molecular weight excluding hydrogens is 873 g/mol. The van der Waals surface area contributed by atoms with Gasteiger partial charge in [0.05, 0.1) is 11.4 Å². The number of hydrogen-bond donors (Lipinski definition) is 0. The maximum absolute atomic E-state index is 7.76. The summed E-state index contributed by atoms with van der Waals surface area (Å²) < 4.78 is 7.76. The van der Waals surface area contributed by atoms with E-state index in [0.29, 0.717) is 0 Å². The van der Waals surface area contributed by atoms with Crippen molar-refractivity contribution in [3.05, 3.63) is 255 Å². The number of nitrogens with zero attached hydrogens (tertiary/aromatic N) is 2. The van der Waals surface area contributed by atoms with E-state index in [9.17, 15) is 0 Å². The van der Waals surface area contributed by atoms with Gasteiger partial charge in [0.15, 0.2) is 27.6 Å². The molecule has 0 fully saturated rings. The third-order valence-corrected chi connectivity index (χ3v) is 28.2. The second-order valence-corrected chi connectivity index (χ2v) is 30.5. The fourth-order valence-corrected chi connectivity index (χ4v) is 25.2. The first-order valence-electron chi connectivity index (χ1n) is 23.7. The zero-order chi connectivity index (χ0) is 45.5. The SMILES string of the molecule is C[Si]1(C)c2cccc(N3c4ccccc4[Si](c4ccccc4)(c4ccccc4)c4ccccc43)c2Oc2c(N3c4ccccc4[Si](c4ccccc4)(c4ccccc4)c4ccccc43)cccc21. The second kappa shape index (κ2) is 15.7. The van der Waals surface area contributed by atoms with Crippen LogP contribution in [-0.2, 0) is 0 Å². The predicted molar refractivity (Wildman–Crippen MR) is 293 cm³/mol. The van der Waals surface area contributed by atoms with Crippen LogP contribution >= 0.6 is 0 Å². The van der Waals surface area contributed by atoms with Crippen LogP contribution in [0.1, 0.15) is 0 Å². The topological polar surface area (TPSA) is 15.7 Å². The van der Waals surface area contributed by atoms with Crippen LogP contribution in [-0.4, -0.2) is 24.2 Å². The summed E-state index contributed by atoms with van der Waals surface area (Å²) in [5.41, 5.74) is 6.91. The molecule has 10 aromatic rings. The van der Waals surface area contributed by atoms with Crippen LogP contribution in [0.4, 0.5) is 34.1 Å². The van der Waals surface area contributed by atoms with Crippen molar-refractivity contribution in [2.24, 2.45) is 0 Å². The van der Waals surface area contributed by atoms with Crippen molar-refractivity contribution >= 4 is 110 Å². The maximum atomic E-state index is 7.76. The molecule has 3 nitrogen and oxygen atoms in total. The number of hydrogen-bond acceptors (Lipinski definition) is 3. The van der Waals surface area contributed by atoms with Gasteiger partial charge in [-0.1, -0.05) is 231 Å². The third kappa shape index (κ3) is 5.62. The van der Waals surface area contributed by atoms with E-state index < -0.39 is 24.2 Å². The summed E-state index contributed by atoms with van der Waals surface area (Å²) in [5.74, 6) is 1.89. The van der Waals surface area contributed by atoms with Crippen molar-refractivity contribution in [3.63, 3.8) is 0 Å². The van der Waals surface area contributed by atoms with Crippen molar-refractivity contribution < 1.29 is 4.74 Å². The Labute approximate surface area is 401 Å². The molecule has 0 saturated heterocycles. The Bertz CT molecular complexity index is 3130. The standard InChI is InChI=1S/C62H48N2OSi3/c1-66(2)59-43-23-37-53(63-49-33-15-19-39-55(49)67(45-25-7-3-8-26-45,46-27-9-4-10-28-46)56-40-20-16-34-50(56)63)61(59)65-62-54(38-24-44-60(62)66)64-51-35-17-21-41-57(51)68(47-29-11-5-12-30-47,48-31-13-6-14-32-48)58-42-22-18-36-52(58)64/h3-44H,1-2H3. The van der Waals surface area contributed by atoms with E-state index in [1.807, 2.05) is 0 Å². The summed E-state index contributed by atoms with van der Waals surface area (Å²) >= 11 is 0. The Balaban J connectivity index is 1.03. The Kier molecular flexibility index (Phi) is 9.34. The molecule has 0 N–H and O–H groups in total. The third-order valence-electron chi connectivity index (χ3n) is 15.0. The van der Waals surface area contributed by atoms with Crippen LogP contribution < -0.4 is 66.4 Å². The van der Waals surface area contributed by atoms with E-state index in [-0.39, 0.29) is 0 Å². The van der Waals surface area contributed by atoms with Gasteiger partial charge in [-0.15, -0.1) is 0 Å². The lowest BCUT2D eigenvalue weighted by Crippen LogP contribution is -2.77. The summed E-state index contributed by atoms with van der Waals surface area (Å²) in [6.07, 6.45) is 0. The van der Waals surface area contributed by atoms with Gasteiger partial charge in [-0.2, -0.15) is 0 Å². The number of ether oxygens (including phenoxy) is 1. The summed E-state index contributed by atoms with van der Waals surface area (Å²) in [5, 5.41) is 13.6. The highest BCUT2D eigenvalue weighted by Crippen LogP contribution is 2.49. The molecule has 0 saturated carbocycles. The zero-order valence-electron chi connectivity index (χ0n) is 38.1. The molecule has 10 aromatic carbocycles. The first kappa shape index (κ1) is 40.5. The van der Waals surface area contributed by atoms with Gasteiger partial charge in [-0.25, -0.2) is 0 Å². The molecule has 0 bridgehead atoms. The molecule has 0 radical (unpaired) electrons. The Morgan fingerprint density at radius 3 is 0.779 bits per heavy atom. The molecule has 13 rings (SSSR count). The van der Waals surface area contributed by atoms with Crippen LogP contribution in [0.2, 0.25) is 13.1 Å². The highest BCUT2D eigenvalue weighted by Gasteiger charge is 2.52. The van der Waals surface area contributed by atoms with Gasteiger partial charge in [0.1, 0.15) is 8.07 Å². The van der Waals surface area contributed by atoms with Crippen LogP contribution in [0, 0.1) is 0 Å². The highest BCUT2D eigenvalue weighted by molar-refractivity contribution is 7.22. The van der Waals surface area contributed by atoms with E-state index in [4.69, 9.17) is 4.74 Å². The number of para-hydroxylation sites is 6. The highest BCUT2D eigenvalue weighted by atomic mass is 28.3. The Morgan fingerprint density at radius 2 is 0.485 bits per heavy atom. The summed E-state index contributed by atoms with van der Waals surface area (Å²) in [6.45, 7) is 5.00. The smallest absolute Gasteiger partial charge is 0.184 e. The van der Waals surface area contributed by atoms with Gasteiger partial charge >= 0.3 is 0 Å². The lowest BCUT2D eigenvalue weighted by molar-refractivity contribution is 0.489. The minimum atomic E-state index is -2.81. The predicted octanol–water partition coefficient (Wildman–Crippen LogP) is 8.94. The largest absolute Gasteiger partial charge is 0.453 e. The van der Waals surface area contributed by atoms with E-state index in [0.717, 1.165) is 22.9 Å². The molecule has 0 aliphatic carbocycles. The van der Waals surface area contributed by atoms with E-state index in [1.54, 1.807) is 0 Å². The molecule has 3 aliphatic rings. The first-order chi connectivity index (χ1) is 33.5.